The second kappa shape index (κ2) is 4.75. The van der Waals surface area contributed by atoms with Crippen molar-refractivity contribution in [3.8, 4) is 0 Å². The minimum atomic E-state index is -0.758. The average molecular weight is 244 g/mol. The van der Waals surface area contributed by atoms with Crippen molar-refractivity contribution in [2.75, 3.05) is 11.4 Å². The quantitative estimate of drug-likeness (QED) is 0.734. The van der Waals surface area contributed by atoms with Gasteiger partial charge >= 0.3 is 6.03 Å². The molecular weight excluding hydrogens is 234 g/mol. The SMILES string of the molecule is CCN(C(N)=O)c1cc(C(N)=O)nc(Cl)n1. The molecule has 0 aromatic carbocycles. The van der Waals surface area contributed by atoms with Crippen molar-refractivity contribution >= 4 is 29.4 Å². The predicted octanol–water partition coefficient (Wildman–Crippen LogP) is 0.134. The molecule has 1 aromatic rings. The number of carbonyl (C=O) groups excluding carboxylic acids is 2. The Kier molecular flexibility index (Phi) is 3.62. The van der Waals surface area contributed by atoms with Gasteiger partial charge in [0.2, 0.25) is 5.28 Å². The van der Waals surface area contributed by atoms with E-state index in [1.54, 1.807) is 6.92 Å². The second-order valence-corrected chi connectivity index (χ2v) is 3.17. The summed E-state index contributed by atoms with van der Waals surface area (Å²) in [5, 5.41) is -0.175. The molecule has 0 aliphatic carbocycles. The molecule has 0 spiro atoms. The van der Waals surface area contributed by atoms with Crippen molar-refractivity contribution in [2.24, 2.45) is 11.5 Å². The fourth-order valence-corrected chi connectivity index (χ4v) is 1.28. The first-order valence-electron chi connectivity index (χ1n) is 4.37. The van der Waals surface area contributed by atoms with E-state index >= 15 is 0 Å². The Morgan fingerprint density at radius 1 is 1.44 bits per heavy atom. The molecule has 4 N–H and O–H groups in total. The molecule has 0 atom stereocenters. The van der Waals surface area contributed by atoms with E-state index in [0.29, 0.717) is 6.54 Å². The van der Waals surface area contributed by atoms with Crippen LogP contribution in [-0.4, -0.2) is 28.5 Å². The van der Waals surface area contributed by atoms with Gasteiger partial charge in [-0.25, -0.2) is 14.8 Å². The van der Waals surface area contributed by atoms with Crippen LogP contribution in [0.15, 0.2) is 6.07 Å². The van der Waals surface area contributed by atoms with Gasteiger partial charge in [0.15, 0.2) is 0 Å². The third-order valence-corrected chi connectivity index (χ3v) is 1.97. The number of primary amides is 2. The molecule has 8 heteroatoms. The van der Waals surface area contributed by atoms with Crippen molar-refractivity contribution in [3.63, 3.8) is 0 Å². The first kappa shape index (κ1) is 12.2. The summed E-state index contributed by atoms with van der Waals surface area (Å²) < 4.78 is 0. The number of aromatic nitrogens is 2. The Labute approximate surface area is 96.4 Å². The summed E-state index contributed by atoms with van der Waals surface area (Å²) in [6.45, 7) is 1.99. The van der Waals surface area contributed by atoms with Gasteiger partial charge in [-0.2, -0.15) is 0 Å². The summed E-state index contributed by atoms with van der Waals surface area (Å²) in [5.74, 6) is -0.616. The molecular formula is C8H10ClN5O2. The molecule has 0 bridgehead atoms. The maximum Gasteiger partial charge on any atom is 0.320 e. The minimum Gasteiger partial charge on any atom is -0.364 e. The minimum absolute atomic E-state index is 0.0744. The number of nitrogens with two attached hydrogens (primary N) is 2. The zero-order valence-electron chi connectivity index (χ0n) is 8.48. The van der Waals surface area contributed by atoms with Gasteiger partial charge in [-0.3, -0.25) is 9.69 Å². The molecule has 1 rings (SSSR count). The Bertz CT molecular complexity index is 436. The van der Waals surface area contributed by atoms with Crippen molar-refractivity contribution in [2.45, 2.75) is 6.92 Å². The van der Waals surface area contributed by atoms with Crippen LogP contribution >= 0.6 is 11.6 Å². The summed E-state index contributed by atoms with van der Waals surface area (Å²) in [6, 6.07) is 0.551. The van der Waals surface area contributed by atoms with E-state index in [2.05, 4.69) is 9.97 Å². The Hall–Kier alpha value is -1.89. The Morgan fingerprint density at radius 3 is 2.50 bits per heavy atom. The highest BCUT2D eigenvalue weighted by Crippen LogP contribution is 2.14. The number of urea groups is 1. The van der Waals surface area contributed by atoms with Crippen LogP contribution in [0.5, 0.6) is 0 Å². The van der Waals surface area contributed by atoms with E-state index in [1.165, 1.54) is 6.07 Å². The number of rotatable bonds is 3. The maximum atomic E-state index is 11.1. The first-order chi connectivity index (χ1) is 7.45. The predicted molar refractivity (Wildman–Crippen MR) is 58.2 cm³/mol. The van der Waals surface area contributed by atoms with Crippen molar-refractivity contribution < 1.29 is 9.59 Å². The van der Waals surface area contributed by atoms with Crippen LogP contribution in [0.1, 0.15) is 17.4 Å². The summed E-state index contributed by atoms with van der Waals surface area (Å²) in [4.78, 5) is 30.5. The number of carbonyl (C=O) groups is 2. The number of amides is 3. The van der Waals surface area contributed by atoms with Crippen molar-refractivity contribution in [1.29, 1.82) is 0 Å². The molecule has 0 saturated heterocycles. The Morgan fingerprint density at radius 2 is 2.06 bits per heavy atom. The summed E-state index contributed by atoms with van der Waals surface area (Å²) in [7, 11) is 0. The molecule has 0 aliphatic heterocycles. The smallest absolute Gasteiger partial charge is 0.320 e. The van der Waals surface area contributed by atoms with Gasteiger partial charge in [-0.05, 0) is 18.5 Å². The van der Waals surface area contributed by atoms with Gasteiger partial charge < -0.3 is 11.5 Å². The normalized spacial score (nSPS) is 9.88. The lowest BCUT2D eigenvalue weighted by atomic mass is 10.3. The van der Waals surface area contributed by atoms with E-state index in [1.807, 2.05) is 0 Å². The van der Waals surface area contributed by atoms with E-state index < -0.39 is 11.9 Å². The highest BCUT2D eigenvalue weighted by molar-refractivity contribution is 6.28. The Balaban J connectivity index is 3.22. The number of hydrogen-bond acceptors (Lipinski definition) is 4. The highest BCUT2D eigenvalue weighted by atomic mass is 35.5. The van der Waals surface area contributed by atoms with Crippen LogP contribution in [-0.2, 0) is 0 Å². The molecule has 0 aliphatic rings. The van der Waals surface area contributed by atoms with Gasteiger partial charge in [-0.15, -0.1) is 0 Å². The van der Waals surface area contributed by atoms with Gasteiger partial charge in [0, 0.05) is 12.6 Å². The van der Waals surface area contributed by atoms with Gasteiger partial charge in [0.05, 0.1) is 0 Å². The fraction of sp³-hybridized carbons (Fsp3) is 0.250. The molecule has 0 saturated carbocycles. The summed E-state index contributed by atoms with van der Waals surface area (Å²) in [6.07, 6.45) is 0. The van der Waals surface area contributed by atoms with Crippen molar-refractivity contribution in [3.05, 3.63) is 17.0 Å². The van der Waals surface area contributed by atoms with Gasteiger partial charge in [-0.1, -0.05) is 0 Å². The van der Waals surface area contributed by atoms with Gasteiger partial charge in [0.1, 0.15) is 11.5 Å². The largest absolute Gasteiger partial charge is 0.364 e. The number of hydrogen-bond donors (Lipinski definition) is 2. The molecule has 86 valence electrons. The third-order valence-electron chi connectivity index (χ3n) is 1.80. The lowest BCUT2D eigenvalue weighted by Gasteiger charge is -2.17. The molecule has 1 heterocycles. The van der Waals surface area contributed by atoms with E-state index in [4.69, 9.17) is 23.1 Å². The lowest BCUT2D eigenvalue weighted by Crippen LogP contribution is -2.36. The molecule has 16 heavy (non-hydrogen) atoms. The number of halogens is 1. The number of nitrogens with zero attached hydrogens (tertiary/aromatic N) is 3. The third kappa shape index (κ3) is 2.57. The molecule has 0 unspecified atom stereocenters. The van der Waals surface area contributed by atoms with Crippen molar-refractivity contribution in [1.82, 2.24) is 9.97 Å². The maximum absolute atomic E-state index is 11.1. The highest BCUT2D eigenvalue weighted by Gasteiger charge is 2.15. The van der Waals surface area contributed by atoms with E-state index in [-0.39, 0.29) is 16.8 Å². The number of anilines is 1. The van der Waals surface area contributed by atoms with Gasteiger partial charge in [0.25, 0.3) is 5.91 Å². The first-order valence-corrected chi connectivity index (χ1v) is 4.74. The van der Waals surface area contributed by atoms with Crippen LogP contribution in [0.2, 0.25) is 5.28 Å². The average Bonchev–Trinajstić information content (AvgIpc) is 2.17. The van der Waals surface area contributed by atoms with Crippen LogP contribution in [0.3, 0.4) is 0 Å². The second-order valence-electron chi connectivity index (χ2n) is 2.83. The summed E-state index contributed by atoms with van der Waals surface area (Å²) >= 11 is 5.59. The molecule has 3 amide bonds. The van der Waals surface area contributed by atoms with Crippen LogP contribution < -0.4 is 16.4 Å². The fourth-order valence-electron chi connectivity index (χ4n) is 1.10. The summed E-state index contributed by atoms with van der Waals surface area (Å²) in [5.41, 5.74) is 10.1. The van der Waals surface area contributed by atoms with Crippen LogP contribution in [0.25, 0.3) is 0 Å². The molecule has 7 nitrogen and oxygen atoms in total. The standard InChI is InChI=1S/C8H10ClN5O2/c1-2-14(8(11)16)5-3-4(6(10)15)12-7(9)13-5/h3H,2H2,1H3,(H2,10,15)(H2,11,16). The van der Waals surface area contributed by atoms with Crippen LogP contribution in [0.4, 0.5) is 10.6 Å². The molecule has 0 radical (unpaired) electrons. The monoisotopic (exact) mass is 243 g/mol. The topological polar surface area (TPSA) is 115 Å². The van der Waals surface area contributed by atoms with E-state index in [0.717, 1.165) is 4.90 Å². The lowest BCUT2D eigenvalue weighted by molar-refractivity contribution is 0.0995. The zero-order chi connectivity index (χ0) is 12.3. The molecule has 0 fully saturated rings. The molecule has 1 aromatic heterocycles. The van der Waals surface area contributed by atoms with Crippen LogP contribution in [0, 0.1) is 0 Å². The van der Waals surface area contributed by atoms with E-state index in [9.17, 15) is 9.59 Å². The zero-order valence-corrected chi connectivity index (χ0v) is 9.23.